The molecule has 0 bridgehead atoms. The fourth-order valence-corrected chi connectivity index (χ4v) is 1.80. The van der Waals surface area contributed by atoms with Gasteiger partial charge in [-0.1, -0.05) is 20.8 Å². The van der Waals surface area contributed by atoms with E-state index in [-0.39, 0.29) is 0 Å². The van der Waals surface area contributed by atoms with Crippen molar-refractivity contribution in [3.05, 3.63) is 0 Å². The van der Waals surface area contributed by atoms with Crippen molar-refractivity contribution in [1.82, 2.24) is 9.80 Å². The topological polar surface area (TPSA) is 32.5 Å². The largest absolute Gasteiger partial charge is 0.330 e. The predicted molar refractivity (Wildman–Crippen MR) is 68.2 cm³/mol. The number of rotatable bonds is 10. The molecule has 0 aromatic rings. The SMILES string of the molecule is CCN(CC)CCCN(CC)CCCN. The molecule has 0 atom stereocenters. The highest BCUT2D eigenvalue weighted by molar-refractivity contribution is 4.59. The van der Waals surface area contributed by atoms with Crippen LogP contribution >= 0.6 is 0 Å². The standard InChI is InChI=1S/C12H29N3/c1-4-14(5-2)11-8-12-15(6-3)10-7-9-13/h4-13H2,1-3H3. The van der Waals surface area contributed by atoms with Gasteiger partial charge in [-0.25, -0.2) is 0 Å². The molecule has 0 heterocycles. The van der Waals surface area contributed by atoms with Gasteiger partial charge < -0.3 is 15.5 Å². The van der Waals surface area contributed by atoms with Crippen LogP contribution in [0.25, 0.3) is 0 Å². The fraction of sp³-hybridized carbons (Fsp3) is 1.00. The molecule has 0 saturated carbocycles. The number of hydrogen-bond acceptors (Lipinski definition) is 3. The lowest BCUT2D eigenvalue weighted by molar-refractivity contribution is 0.243. The molecule has 0 rings (SSSR count). The molecule has 0 aromatic heterocycles. The van der Waals surface area contributed by atoms with Crippen molar-refractivity contribution < 1.29 is 0 Å². The molecule has 0 aliphatic carbocycles. The molecule has 0 fully saturated rings. The van der Waals surface area contributed by atoms with Gasteiger partial charge in [0.1, 0.15) is 0 Å². The Bertz CT molecular complexity index is 124. The molecule has 15 heavy (non-hydrogen) atoms. The van der Waals surface area contributed by atoms with Crippen LogP contribution in [0.1, 0.15) is 33.6 Å². The van der Waals surface area contributed by atoms with Crippen molar-refractivity contribution in [2.24, 2.45) is 5.73 Å². The third kappa shape index (κ3) is 7.77. The van der Waals surface area contributed by atoms with Crippen molar-refractivity contribution in [3.63, 3.8) is 0 Å². The molecule has 2 N–H and O–H groups in total. The van der Waals surface area contributed by atoms with Gasteiger partial charge in [0.15, 0.2) is 0 Å². The second-order valence-electron chi connectivity index (χ2n) is 3.96. The Morgan fingerprint density at radius 3 is 1.67 bits per heavy atom. The minimum absolute atomic E-state index is 0.812. The summed E-state index contributed by atoms with van der Waals surface area (Å²) in [4.78, 5) is 4.98. The van der Waals surface area contributed by atoms with Crippen molar-refractivity contribution in [2.45, 2.75) is 33.6 Å². The number of nitrogens with zero attached hydrogens (tertiary/aromatic N) is 2. The van der Waals surface area contributed by atoms with Gasteiger partial charge in [0.05, 0.1) is 0 Å². The van der Waals surface area contributed by atoms with E-state index in [1.54, 1.807) is 0 Å². The molecular weight excluding hydrogens is 186 g/mol. The van der Waals surface area contributed by atoms with E-state index in [0.29, 0.717) is 0 Å². The van der Waals surface area contributed by atoms with Crippen molar-refractivity contribution in [3.8, 4) is 0 Å². The maximum absolute atomic E-state index is 5.52. The lowest BCUT2D eigenvalue weighted by Gasteiger charge is -2.23. The van der Waals surface area contributed by atoms with Gasteiger partial charge in [-0.2, -0.15) is 0 Å². The number of hydrogen-bond donors (Lipinski definition) is 1. The molecule has 0 aromatic carbocycles. The summed E-state index contributed by atoms with van der Waals surface area (Å²) in [6, 6.07) is 0. The molecule has 0 amide bonds. The first-order chi connectivity index (χ1) is 7.28. The molecule has 92 valence electrons. The van der Waals surface area contributed by atoms with E-state index in [9.17, 15) is 0 Å². The third-order valence-corrected chi connectivity index (χ3v) is 2.97. The van der Waals surface area contributed by atoms with Crippen molar-refractivity contribution in [2.75, 3.05) is 45.8 Å². The van der Waals surface area contributed by atoms with E-state index < -0.39 is 0 Å². The van der Waals surface area contributed by atoms with E-state index >= 15 is 0 Å². The average molecular weight is 215 g/mol. The maximum atomic E-state index is 5.52. The minimum atomic E-state index is 0.812. The second-order valence-corrected chi connectivity index (χ2v) is 3.96. The van der Waals surface area contributed by atoms with E-state index in [2.05, 4.69) is 30.6 Å². The Kier molecular flexibility index (Phi) is 10.3. The molecule has 0 aliphatic rings. The predicted octanol–water partition coefficient (Wildman–Crippen LogP) is 1.39. The van der Waals surface area contributed by atoms with Crippen LogP contribution in [0.2, 0.25) is 0 Å². The van der Waals surface area contributed by atoms with Crippen LogP contribution in [0.15, 0.2) is 0 Å². The summed E-state index contributed by atoms with van der Waals surface area (Å²) in [6.45, 7) is 14.6. The molecule has 3 heteroatoms. The first-order valence-electron chi connectivity index (χ1n) is 6.43. The van der Waals surface area contributed by atoms with E-state index in [1.165, 1.54) is 32.6 Å². The monoisotopic (exact) mass is 215 g/mol. The molecule has 3 nitrogen and oxygen atoms in total. The highest BCUT2D eigenvalue weighted by Crippen LogP contribution is 1.96. The maximum Gasteiger partial charge on any atom is -0.000665 e. The smallest absolute Gasteiger partial charge is 0.000665 e. The third-order valence-electron chi connectivity index (χ3n) is 2.97. The zero-order chi connectivity index (χ0) is 11.5. The molecule has 0 aliphatic heterocycles. The van der Waals surface area contributed by atoms with Crippen LogP contribution in [0.4, 0.5) is 0 Å². The summed E-state index contributed by atoms with van der Waals surface area (Å²) in [5.74, 6) is 0. The number of nitrogens with two attached hydrogens (primary N) is 1. The van der Waals surface area contributed by atoms with E-state index in [0.717, 1.165) is 26.1 Å². The minimum Gasteiger partial charge on any atom is -0.330 e. The van der Waals surface area contributed by atoms with Gasteiger partial charge in [-0.3, -0.25) is 0 Å². The Morgan fingerprint density at radius 2 is 1.20 bits per heavy atom. The summed E-state index contributed by atoms with van der Waals surface area (Å²) in [6.07, 6.45) is 2.40. The van der Waals surface area contributed by atoms with Gasteiger partial charge in [0.25, 0.3) is 0 Å². The van der Waals surface area contributed by atoms with Crippen LogP contribution in [0.5, 0.6) is 0 Å². The normalized spacial score (nSPS) is 11.6. The Labute approximate surface area is 95.6 Å². The van der Waals surface area contributed by atoms with Gasteiger partial charge in [-0.15, -0.1) is 0 Å². The Morgan fingerprint density at radius 1 is 0.733 bits per heavy atom. The van der Waals surface area contributed by atoms with Gasteiger partial charge in [-0.05, 0) is 58.7 Å². The first kappa shape index (κ1) is 14.9. The Hall–Kier alpha value is -0.120. The molecule has 0 radical (unpaired) electrons. The lowest BCUT2D eigenvalue weighted by atomic mass is 10.3. The highest BCUT2D eigenvalue weighted by Gasteiger charge is 2.03. The van der Waals surface area contributed by atoms with Gasteiger partial charge >= 0.3 is 0 Å². The first-order valence-corrected chi connectivity index (χ1v) is 6.43. The summed E-state index contributed by atoms with van der Waals surface area (Å²) in [7, 11) is 0. The molecular formula is C12H29N3. The second kappa shape index (κ2) is 10.4. The summed E-state index contributed by atoms with van der Waals surface area (Å²) < 4.78 is 0. The lowest BCUT2D eigenvalue weighted by Crippen LogP contribution is -2.31. The zero-order valence-corrected chi connectivity index (χ0v) is 10.8. The highest BCUT2D eigenvalue weighted by atomic mass is 15.1. The Balaban J connectivity index is 3.52. The molecule has 0 unspecified atom stereocenters. The van der Waals surface area contributed by atoms with Crippen LogP contribution < -0.4 is 5.73 Å². The summed E-state index contributed by atoms with van der Waals surface area (Å²) >= 11 is 0. The molecule has 0 spiro atoms. The quantitative estimate of drug-likeness (QED) is 0.598. The zero-order valence-electron chi connectivity index (χ0n) is 10.8. The molecule has 0 saturated heterocycles. The van der Waals surface area contributed by atoms with Crippen LogP contribution in [-0.2, 0) is 0 Å². The summed E-state index contributed by atoms with van der Waals surface area (Å²) in [5.41, 5.74) is 5.52. The van der Waals surface area contributed by atoms with Crippen LogP contribution in [0, 0.1) is 0 Å². The van der Waals surface area contributed by atoms with Crippen LogP contribution in [-0.4, -0.2) is 55.6 Å². The van der Waals surface area contributed by atoms with Gasteiger partial charge in [0, 0.05) is 0 Å². The van der Waals surface area contributed by atoms with E-state index in [4.69, 9.17) is 5.73 Å². The van der Waals surface area contributed by atoms with Crippen molar-refractivity contribution in [1.29, 1.82) is 0 Å². The average Bonchev–Trinajstić information content (AvgIpc) is 2.28. The fourth-order valence-electron chi connectivity index (χ4n) is 1.80. The van der Waals surface area contributed by atoms with E-state index in [1.807, 2.05) is 0 Å². The summed E-state index contributed by atoms with van der Waals surface area (Å²) in [5, 5.41) is 0. The van der Waals surface area contributed by atoms with Gasteiger partial charge in [0.2, 0.25) is 0 Å². The van der Waals surface area contributed by atoms with Crippen molar-refractivity contribution >= 4 is 0 Å². The van der Waals surface area contributed by atoms with Crippen LogP contribution in [0.3, 0.4) is 0 Å².